The van der Waals surface area contributed by atoms with E-state index in [-0.39, 0.29) is 12.3 Å². The molecule has 4 atom stereocenters. The van der Waals surface area contributed by atoms with Gasteiger partial charge >= 0.3 is 11.9 Å². The molecule has 12 heteroatoms. The first-order valence-corrected chi connectivity index (χ1v) is 9.81. The molecule has 0 aliphatic rings. The summed E-state index contributed by atoms with van der Waals surface area (Å²) in [4.78, 5) is 58.6. The van der Waals surface area contributed by atoms with Gasteiger partial charge in [-0.15, -0.1) is 0 Å². The van der Waals surface area contributed by atoms with Crippen LogP contribution in [-0.4, -0.2) is 71.1 Å². The summed E-state index contributed by atoms with van der Waals surface area (Å²) in [5.41, 5.74) is 11.1. The van der Waals surface area contributed by atoms with Gasteiger partial charge < -0.3 is 37.6 Å². The van der Waals surface area contributed by atoms with Crippen LogP contribution in [0, 0.1) is 5.92 Å². The van der Waals surface area contributed by atoms with Crippen LogP contribution in [0.15, 0.2) is 0 Å². The van der Waals surface area contributed by atoms with Crippen molar-refractivity contribution in [3.05, 3.63) is 0 Å². The molecule has 0 radical (unpaired) electrons. The number of carbonyl (C=O) groups excluding carboxylic acids is 3. The van der Waals surface area contributed by atoms with E-state index in [4.69, 9.17) is 21.7 Å². The number of hydrogen-bond acceptors (Lipinski definition) is 7. The zero-order chi connectivity index (χ0) is 23.3. The number of hydrogen-bond donors (Lipinski definition) is 7. The second-order valence-corrected chi connectivity index (χ2v) is 7.03. The van der Waals surface area contributed by atoms with Crippen molar-refractivity contribution in [2.45, 2.75) is 64.1 Å². The van der Waals surface area contributed by atoms with E-state index in [1.807, 2.05) is 6.92 Å². The molecular formula is C18H33N5O7. The molecule has 172 valence electrons. The van der Waals surface area contributed by atoms with Crippen LogP contribution in [0.3, 0.4) is 0 Å². The first-order valence-electron chi connectivity index (χ1n) is 9.81. The second-order valence-electron chi connectivity index (χ2n) is 7.03. The number of nitrogens with two attached hydrogens (primary N) is 2. The summed E-state index contributed by atoms with van der Waals surface area (Å²) in [6.45, 7) is 3.39. The normalized spacial score (nSPS) is 14.7. The monoisotopic (exact) mass is 431 g/mol. The van der Waals surface area contributed by atoms with E-state index < -0.39 is 60.8 Å². The van der Waals surface area contributed by atoms with Gasteiger partial charge in [-0.3, -0.25) is 19.2 Å². The van der Waals surface area contributed by atoms with Gasteiger partial charge in [0.1, 0.15) is 12.1 Å². The van der Waals surface area contributed by atoms with Gasteiger partial charge in [0.25, 0.3) is 0 Å². The number of rotatable bonds is 15. The highest BCUT2D eigenvalue weighted by Gasteiger charge is 2.28. The maximum absolute atomic E-state index is 12.3. The van der Waals surface area contributed by atoms with Gasteiger partial charge in [-0.05, 0) is 31.7 Å². The summed E-state index contributed by atoms with van der Waals surface area (Å²) in [6, 6.07) is -3.49. The van der Waals surface area contributed by atoms with Crippen LogP contribution >= 0.6 is 0 Å². The van der Waals surface area contributed by atoms with E-state index in [2.05, 4.69) is 16.0 Å². The molecule has 0 fully saturated rings. The van der Waals surface area contributed by atoms with Gasteiger partial charge in [-0.25, -0.2) is 4.79 Å². The van der Waals surface area contributed by atoms with Gasteiger partial charge in [0, 0.05) is 0 Å². The molecule has 0 aromatic carbocycles. The topological polar surface area (TPSA) is 214 Å². The minimum absolute atomic E-state index is 0.178. The predicted octanol–water partition coefficient (Wildman–Crippen LogP) is -1.87. The van der Waals surface area contributed by atoms with Crippen LogP contribution in [0.25, 0.3) is 0 Å². The third-order valence-corrected chi connectivity index (χ3v) is 4.57. The summed E-state index contributed by atoms with van der Waals surface area (Å²) in [5, 5.41) is 24.9. The SMILES string of the molecule is CCC(C)C(N)C(=O)NC(CC(=O)O)C(=O)NCC(=O)NC(CCCCN)C(=O)O. The maximum Gasteiger partial charge on any atom is 0.326 e. The van der Waals surface area contributed by atoms with Crippen molar-refractivity contribution in [1.82, 2.24) is 16.0 Å². The number of aliphatic carboxylic acids is 2. The third-order valence-electron chi connectivity index (χ3n) is 4.57. The molecule has 0 heterocycles. The molecule has 0 saturated carbocycles. The van der Waals surface area contributed by atoms with E-state index in [0.717, 1.165) is 0 Å². The summed E-state index contributed by atoms with van der Waals surface area (Å²) in [6.07, 6.45) is 1.19. The lowest BCUT2D eigenvalue weighted by atomic mass is 9.99. The fourth-order valence-electron chi connectivity index (χ4n) is 2.45. The Morgan fingerprint density at radius 3 is 2.10 bits per heavy atom. The van der Waals surface area contributed by atoms with E-state index in [9.17, 15) is 24.0 Å². The molecule has 0 bridgehead atoms. The average Bonchev–Trinajstić information content (AvgIpc) is 2.68. The summed E-state index contributed by atoms with van der Waals surface area (Å²) >= 11 is 0. The molecule has 0 aliphatic heterocycles. The van der Waals surface area contributed by atoms with Gasteiger partial charge in [0.2, 0.25) is 17.7 Å². The minimum Gasteiger partial charge on any atom is -0.481 e. The molecular weight excluding hydrogens is 398 g/mol. The van der Waals surface area contributed by atoms with Crippen molar-refractivity contribution in [1.29, 1.82) is 0 Å². The molecule has 0 aromatic heterocycles. The standard InChI is InChI=1S/C18H33N5O7/c1-3-10(2)15(20)17(28)23-12(8-14(25)26)16(27)21-9-13(24)22-11(18(29)30)6-4-5-7-19/h10-12,15H,3-9,19-20H2,1-2H3,(H,21,27)(H,22,24)(H,23,28)(H,25,26)(H,29,30). The highest BCUT2D eigenvalue weighted by Crippen LogP contribution is 2.06. The highest BCUT2D eigenvalue weighted by molar-refractivity contribution is 5.94. The quantitative estimate of drug-likeness (QED) is 0.144. The van der Waals surface area contributed by atoms with E-state index in [1.165, 1.54) is 0 Å². The molecule has 0 aliphatic carbocycles. The number of carbonyl (C=O) groups is 5. The van der Waals surface area contributed by atoms with Crippen LogP contribution in [0.4, 0.5) is 0 Å². The van der Waals surface area contributed by atoms with Crippen molar-refractivity contribution in [3.63, 3.8) is 0 Å². The Labute approximate surface area is 175 Å². The number of nitrogens with one attached hydrogen (secondary N) is 3. The first kappa shape index (κ1) is 27.3. The Balaban J connectivity index is 4.83. The first-order chi connectivity index (χ1) is 14.0. The van der Waals surface area contributed by atoms with Crippen LogP contribution < -0.4 is 27.4 Å². The summed E-state index contributed by atoms with van der Waals surface area (Å²) in [5.74, 6) is -5.07. The minimum atomic E-state index is -1.43. The molecule has 4 unspecified atom stereocenters. The number of carboxylic acid groups (broad SMARTS) is 2. The lowest BCUT2D eigenvalue weighted by Crippen LogP contribution is -2.55. The van der Waals surface area contributed by atoms with Crippen molar-refractivity contribution in [2.75, 3.05) is 13.1 Å². The number of amides is 3. The fraction of sp³-hybridized carbons (Fsp3) is 0.722. The zero-order valence-corrected chi connectivity index (χ0v) is 17.3. The van der Waals surface area contributed by atoms with Gasteiger partial charge in [0.05, 0.1) is 19.0 Å². The summed E-state index contributed by atoms with van der Waals surface area (Å²) in [7, 11) is 0. The lowest BCUT2D eigenvalue weighted by Gasteiger charge is -2.22. The van der Waals surface area contributed by atoms with E-state index in [0.29, 0.717) is 25.8 Å². The van der Waals surface area contributed by atoms with E-state index >= 15 is 0 Å². The van der Waals surface area contributed by atoms with E-state index in [1.54, 1.807) is 6.92 Å². The largest absolute Gasteiger partial charge is 0.481 e. The molecule has 0 saturated heterocycles. The highest BCUT2D eigenvalue weighted by atomic mass is 16.4. The number of unbranched alkanes of at least 4 members (excludes halogenated alkanes) is 1. The second kappa shape index (κ2) is 14.3. The van der Waals surface area contributed by atoms with Crippen LogP contribution in [0.2, 0.25) is 0 Å². The molecule has 30 heavy (non-hydrogen) atoms. The fourth-order valence-corrected chi connectivity index (χ4v) is 2.45. The molecule has 0 rings (SSSR count). The molecule has 9 N–H and O–H groups in total. The van der Waals surface area contributed by atoms with Gasteiger partial charge in [-0.1, -0.05) is 20.3 Å². The van der Waals surface area contributed by atoms with Crippen molar-refractivity contribution >= 4 is 29.7 Å². The predicted molar refractivity (Wildman–Crippen MR) is 107 cm³/mol. The third kappa shape index (κ3) is 10.7. The van der Waals surface area contributed by atoms with Crippen LogP contribution in [0.1, 0.15) is 46.0 Å². The number of carboxylic acids is 2. The summed E-state index contributed by atoms with van der Waals surface area (Å²) < 4.78 is 0. The smallest absolute Gasteiger partial charge is 0.326 e. The van der Waals surface area contributed by atoms with Crippen molar-refractivity contribution < 1.29 is 34.2 Å². The molecule has 0 spiro atoms. The average molecular weight is 431 g/mol. The Morgan fingerprint density at radius 1 is 0.967 bits per heavy atom. The van der Waals surface area contributed by atoms with Crippen molar-refractivity contribution in [2.24, 2.45) is 17.4 Å². The van der Waals surface area contributed by atoms with Crippen LogP contribution in [0.5, 0.6) is 0 Å². The van der Waals surface area contributed by atoms with Gasteiger partial charge in [-0.2, -0.15) is 0 Å². The Hall–Kier alpha value is -2.73. The Morgan fingerprint density at radius 2 is 1.60 bits per heavy atom. The molecule has 3 amide bonds. The molecule has 0 aromatic rings. The Bertz CT molecular complexity index is 614. The zero-order valence-electron chi connectivity index (χ0n) is 17.3. The van der Waals surface area contributed by atoms with Crippen LogP contribution in [-0.2, 0) is 24.0 Å². The molecule has 12 nitrogen and oxygen atoms in total. The maximum atomic E-state index is 12.3. The Kier molecular flexibility index (Phi) is 13.0. The van der Waals surface area contributed by atoms with Crippen molar-refractivity contribution in [3.8, 4) is 0 Å². The lowest BCUT2D eigenvalue weighted by molar-refractivity contribution is -0.142. The van der Waals surface area contributed by atoms with Gasteiger partial charge in [0.15, 0.2) is 0 Å².